The Morgan fingerprint density at radius 1 is 1.15 bits per heavy atom. The van der Waals surface area contributed by atoms with E-state index in [1.807, 2.05) is 0 Å². The van der Waals surface area contributed by atoms with Crippen molar-refractivity contribution in [1.29, 1.82) is 0 Å². The van der Waals surface area contributed by atoms with Crippen molar-refractivity contribution in [3.05, 3.63) is 54.1 Å². The molecule has 0 aliphatic rings. The Balaban J connectivity index is 0.00000243. The van der Waals surface area contributed by atoms with Gasteiger partial charge in [0.2, 0.25) is 5.16 Å². The summed E-state index contributed by atoms with van der Waals surface area (Å²) in [4.78, 5) is 13.1. The first-order valence-electron chi connectivity index (χ1n) is 6.82. The van der Waals surface area contributed by atoms with Crippen molar-refractivity contribution < 1.29 is 40.1 Å². The summed E-state index contributed by atoms with van der Waals surface area (Å²) < 4.78 is 32.0. The number of thiol groups is 1. The molecule has 1 radical (unpaired) electrons. The fourth-order valence-electron chi connectivity index (χ4n) is 2.10. The summed E-state index contributed by atoms with van der Waals surface area (Å²) in [7, 11) is -4.52. The van der Waals surface area contributed by atoms with Gasteiger partial charge >= 0.3 is 0 Å². The van der Waals surface area contributed by atoms with Gasteiger partial charge in [-0.05, 0) is 35.5 Å². The van der Waals surface area contributed by atoms with Gasteiger partial charge in [-0.1, -0.05) is 30.8 Å². The van der Waals surface area contributed by atoms with Crippen molar-refractivity contribution in [2.45, 2.75) is 10.1 Å². The van der Waals surface area contributed by atoms with Crippen LogP contribution in [-0.2, 0) is 32.5 Å². The largest absolute Gasteiger partial charge is 0.322 e. The number of hydrogen-bond donors (Lipinski definition) is 3. The van der Waals surface area contributed by atoms with Gasteiger partial charge in [0.25, 0.3) is 16.0 Å². The molecule has 0 spiro atoms. The molecule has 0 unspecified atom stereocenters. The molecule has 0 atom stereocenters. The van der Waals surface area contributed by atoms with Crippen LogP contribution in [0, 0.1) is 0 Å². The van der Waals surface area contributed by atoms with Gasteiger partial charge in [-0.2, -0.15) is 8.42 Å². The van der Waals surface area contributed by atoms with Crippen LogP contribution < -0.4 is 5.32 Å². The van der Waals surface area contributed by atoms with Gasteiger partial charge in [-0.15, -0.1) is 15.0 Å². The van der Waals surface area contributed by atoms with E-state index in [-0.39, 0.29) is 33.1 Å². The van der Waals surface area contributed by atoms with E-state index in [9.17, 15) is 17.8 Å². The molecule has 9 nitrogen and oxygen atoms in total. The van der Waals surface area contributed by atoms with Gasteiger partial charge in [0.1, 0.15) is 4.90 Å². The summed E-state index contributed by atoms with van der Waals surface area (Å²) in [5, 5.41) is 14.1. The molecule has 0 bridgehead atoms. The third kappa shape index (κ3) is 4.58. The molecule has 139 valence electrons. The topological polar surface area (TPSA) is 127 Å². The van der Waals surface area contributed by atoms with Crippen molar-refractivity contribution in [2.24, 2.45) is 0 Å². The molecule has 0 saturated heterocycles. The van der Waals surface area contributed by atoms with Crippen LogP contribution in [0.15, 0.2) is 58.6 Å². The number of rotatable bonds is 4. The average Bonchev–Trinajstić information content (AvgIpc) is 3.01. The van der Waals surface area contributed by atoms with Crippen LogP contribution in [0.4, 0.5) is 5.69 Å². The first-order chi connectivity index (χ1) is 11.8. The fourth-order valence-corrected chi connectivity index (χ4v) is 2.92. The van der Waals surface area contributed by atoms with Crippen molar-refractivity contribution in [3.63, 3.8) is 0 Å². The van der Waals surface area contributed by atoms with Gasteiger partial charge in [-0.25, -0.2) is 0 Å². The van der Waals surface area contributed by atoms with Gasteiger partial charge in [0, 0.05) is 28.1 Å². The quantitative estimate of drug-likeness (QED) is 0.245. The van der Waals surface area contributed by atoms with Crippen LogP contribution in [0.3, 0.4) is 0 Å². The number of tetrazole rings is 1. The number of hydrogen-bond acceptors (Lipinski definition) is 7. The van der Waals surface area contributed by atoms with Crippen molar-refractivity contribution in [2.75, 3.05) is 5.32 Å². The number of anilines is 1. The molecule has 0 aliphatic carbocycles. The Labute approximate surface area is 169 Å². The molecule has 1 aromatic heterocycles. The minimum atomic E-state index is -4.52. The van der Waals surface area contributed by atoms with Gasteiger partial charge in [0.05, 0.1) is 11.3 Å². The predicted octanol–water partition coefficient (Wildman–Crippen LogP) is 1.45. The molecule has 2 N–H and O–H groups in total. The number of amides is 1. The molecule has 2 aromatic carbocycles. The average molecular weight is 574 g/mol. The fraction of sp³-hybridized carbons (Fsp3) is 0. The molecule has 3 aromatic rings. The summed E-state index contributed by atoms with van der Waals surface area (Å²) in [6.45, 7) is 0. The summed E-state index contributed by atoms with van der Waals surface area (Å²) in [5.41, 5.74) is 0.728. The zero-order valence-corrected chi connectivity index (χ0v) is 16.6. The monoisotopic (exact) mass is 574 g/mol. The third-order valence-electron chi connectivity index (χ3n) is 3.15. The molecular weight excluding hydrogens is 563 g/mol. The van der Waals surface area contributed by atoms with Gasteiger partial charge in [-0.3, -0.25) is 9.35 Å². The SMILES string of the molecule is O=C(Nc1cccc(-n2nnc(S)n2)c1)c1ccccc1S(=O)(=O)O.[Au]. The second-order valence-corrected chi connectivity index (χ2v) is 6.64. The van der Waals surface area contributed by atoms with E-state index < -0.39 is 20.9 Å². The molecule has 3 rings (SSSR count). The van der Waals surface area contributed by atoms with Crippen LogP contribution in [0.25, 0.3) is 5.69 Å². The number of carbonyl (C=O) groups is 1. The summed E-state index contributed by atoms with van der Waals surface area (Å²) >= 11 is 3.97. The normalized spacial score (nSPS) is 10.8. The molecule has 1 heterocycles. The van der Waals surface area contributed by atoms with Crippen LogP contribution >= 0.6 is 12.6 Å². The molecule has 26 heavy (non-hydrogen) atoms. The first-order valence-corrected chi connectivity index (χ1v) is 8.70. The number of nitrogens with one attached hydrogen (secondary N) is 1. The van der Waals surface area contributed by atoms with Gasteiger partial charge in [0.15, 0.2) is 0 Å². The smallest absolute Gasteiger partial charge is 0.295 e. The maximum atomic E-state index is 12.4. The number of nitrogens with zero attached hydrogens (tertiary/aromatic N) is 4. The second-order valence-electron chi connectivity index (χ2n) is 4.85. The van der Waals surface area contributed by atoms with E-state index in [1.54, 1.807) is 24.3 Å². The van der Waals surface area contributed by atoms with E-state index in [0.29, 0.717) is 11.4 Å². The zero-order valence-electron chi connectivity index (χ0n) is 12.7. The zero-order chi connectivity index (χ0) is 18.0. The maximum absolute atomic E-state index is 12.4. The molecule has 1 amide bonds. The molecule has 0 fully saturated rings. The Bertz CT molecular complexity index is 1050. The standard InChI is InChI=1S/C14H11N5O4S2.Au/c20-13(11-6-1-2-7-12(11)25(21,22)23)15-9-4-3-5-10(8-9)19-17-14(24)16-18-19;/h1-8H,(H,15,20)(H,17,24)(H,21,22,23);. The Hall–Kier alpha value is -2.02. The van der Waals surface area contributed by atoms with Crippen molar-refractivity contribution >= 4 is 34.3 Å². The second kappa shape index (κ2) is 8.12. The number of benzene rings is 2. The van der Waals surface area contributed by atoms with Crippen molar-refractivity contribution in [3.8, 4) is 5.69 Å². The van der Waals surface area contributed by atoms with E-state index in [0.717, 1.165) is 6.07 Å². The Morgan fingerprint density at radius 3 is 2.54 bits per heavy atom. The Kier molecular flexibility index (Phi) is 6.34. The molecular formula is C14H11AuN5O4S2. The van der Waals surface area contributed by atoms with Gasteiger partial charge < -0.3 is 5.32 Å². The van der Waals surface area contributed by atoms with Crippen LogP contribution in [-0.4, -0.2) is 39.1 Å². The van der Waals surface area contributed by atoms with Crippen molar-refractivity contribution in [1.82, 2.24) is 20.2 Å². The summed E-state index contributed by atoms with van der Waals surface area (Å²) in [6.07, 6.45) is 0. The summed E-state index contributed by atoms with van der Waals surface area (Å²) in [6, 6.07) is 11.9. The number of aromatic nitrogens is 4. The van der Waals surface area contributed by atoms with E-state index >= 15 is 0 Å². The molecule has 0 aliphatic heterocycles. The van der Waals surface area contributed by atoms with Crippen LogP contribution in [0.5, 0.6) is 0 Å². The maximum Gasteiger partial charge on any atom is 0.295 e. The Morgan fingerprint density at radius 2 is 1.88 bits per heavy atom. The minimum Gasteiger partial charge on any atom is -0.322 e. The first kappa shape index (κ1) is 20.3. The van der Waals surface area contributed by atoms with E-state index in [4.69, 9.17) is 0 Å². The predicted molar refractivity (Wildman–Crippen MR) is 90.6 cm³/mol. The summed E-state index contributed by atoms with van der Waals surface area (Å²) in [5.74, 6) is -0.688. The third-order valence-corrected chi connectivity index (χ3v) is 4.24. The van der Waals surface area contributed by atoms with Crippen LogP contribution in [0.1, 0.15) is 10.4 Å². The van der Waals surface area contributed by atoms with E-state index in [2.05, 4.69) is 33.4 Å². The molecule has 12 heteroatoms. The van der Waals surface area contributed by atoms with Crippen LogP contribution in [0.2, 0.25) is 0 Å². The molecule has 0 saturated carbocycles. The minimum absolute atomic E-state index is 0. The van der Waals surface area contributed by atoms with E-state index in [1.165, 1.54) is 23.0 Å². The number of carbonyl (C=O) groups excluding carboxylic acids is 1.